The Bertz CT molecular complexity index is 557. The molecule has 128 valence electrons. The number of ether oxygens (including phenoxy) is 2. The molecule has 2 rings (SSSR count). The summed E-state index contributed by atoms with van der Waals surface area (Å²) in [6.45, 7) is 6.83. The van der Waals surface area contributed by atoms with Crippen molar-refractivity contribution in [2.24, 2.45) is 0 Å². The van der Waals surface area contributed by atoms with Crippen LogP contribution in [0, 0.1) is 5.82 Å². The highest BCUT2D eigenvalue weighted by Crippen LogP contribution is 2.24. The van der Waals surface area contributed by atoms with E-state index in [1.807, 2.05) is 20.8 Å². The van der Waals surface area contributed by atoms with Crippen LogP contribution >= 0.6 is 0 Å². The predicted octanol–water partition coefficient (Wildman–Crippen LogP) is 3.65. The summed E-state index contributed by atoms with van der Waals surface area (Å²) in [5, 5.41) is 3.33. The van der Waals surface area contributed by atoms with Crippen LogP contribution in [0.1, 0.15) is 33.6 Å². The maximum Gasteiger partial charge on any atom is 0.410 e. The minimum Gasteiger partial charge on any atom is -0.494 e. The summed E-state index contributed by atoms with van der Waals surface area (Å²) in [4.78, 5) is 13.9. The molecule has 0 radical (unpaired) electrons. The standard InChI is InChI=1S/C17H25FN2O3/c1-17(2,3)23-16(21)20-9-5-6-13(11-20)19-12-7-8-14(18)15(10-12)22-4/h7-8,10,13,19H,5-6,9,11H2,1-4H3. The van der Waals surface area contributed by atoms with Gasteiger partial charge in [0.15, 0.2) is 11.6 Å². The third-order valence-corrected chi connectivity index (χ3v) is 3.59. The molecule has 0 bridgehead atoms. The Balaban J connectivity index is 1.97. The van der Waals surface area contributed by atoms with Gasteiger partial charge in [0.05, 0.1) is 7.11 Å². The lowest BCUT2D eigenvalue weighted by atomic mass is 10.1. The second-order valence-corrected chi connectivity index (χ2v) is 6.76. The van der Waals surface area contributed by atoms with Crippen LogP contribution in [0.15, 0.2) is 18.2 Å². The van der Waals surface area contributed by atoms with Gasteiger partial charge in [-0.15, -0.1) is 0 Å². The summed E-state index contributed by atoms with van der Waals surface area (Å²) in [6.07, 6.45) is 1.55. The molecule has 1 aliphatic rings. The fourth-order valence-electron chi connectivity index (χ4n) is 2.57. The van der Waals surface area contributed by atoms with Crippen LogP contribution in [0.25, 0.3) is 0 Å². The van der Waals surface area contributed by atoms with Crippen molar-refractivity contribution >= 4 is 11.8 Å². The molecule has 0 aliphatic carbocycles. The van der Waals surface area contributed by atoms with E-state index in [2.05, 4.69) is 5.32 Å². The van der Waals surface area contributed by atoms with E-state index in [1.54, 1.807) is 17.0 Å². The Hall–Kier alpha value is -1.98. The number of carbonyl (C=O) groups excluding carboxylic acids is 1. The van der Waals surface area contributed by atoms with Gasteiger partial charge in [-0.25, -0.2) is 9.18 Å². The molecule has 1 aromatic carbocycles. The van der Waals surface area contributed by atoms with Crippen LogP contribution in [0.3, 0.4) is 0 Å². The zero-order chi connectivity index (χ0) is 17.0. The lowest BCUT2D eigenvalue weighted by Gasteiger charge is -2.34. The topological polar surface area (TPSA) is 50.8 Å². The number of halogens is 1. The molecule has 1 heterocycles. The maximum atomic E-state index is 13.5. The average molecular weight is 324 g/mol. The van der Waals surface area contributed by atoms with Gasteiger partial charge in [-0.2, -0.15) is 0 Å². The van der Waals surface area contributed by atoms with Crippen LogP contribution in [0.5, 0.6) is 5.75 Å². The zero-order valence-electron chi connectivity index (χ0n) is 14.2. The summed E-state index contributed by atoms with van der Waals surface area (Å²) in [5.41, 5.74) is 0.279. The fraction of sp³-hybridized carbons (Fsp3) is 0.588. The number of hydrogen-bond acceptors (Lipinski definition) is 4. The van der Waals surface area contributed by atoms with Gasteiger partial charge in [0.2, 0.25) is 0 Å². The first-order valence-electron chi connectivity index (χ1n) is 7.86. The van der Waals surface area contributed by atoms with Crippen molar-refractivity contribution in [3.63, 3.8) is 0 Å². The molecule has 23 heavy (non-hydrogen) atoms. The summed E-state index contributed by atoms with van der Waals surface area (Å²) in [7, 11) is 1.44. The molecule has 1 aromatic rings. The summed E-state index contributed by atoms with van der Waals surface area (Å²) < 4.78 is 23.9. The second kappa shape index (κ2) is 7.06. The molecule has 1 unspecified atom stereocenters. The molecule has 0 aromatic heterocycles. The van der Waals surface area contributed by atoms with E-state index in [9.17, 15) is 9.18 Å². The van der Waals surface area contributed by atoms with E-state index < -0.39 is 11.4 Å². The van der Waals surface area contributed by atoms with Crippen LogP contribution in [0.4, 0.5) is 14.9 Å². The molecule has 1 N–H and O–H groups in total. The van der Waals surface area contributed by atoms with E-state index >= 15 is 0 Å². The normalized spacial score (nSPS) is 18.5. The van der Waals surface area contributed by atoms with E-state index in [0.717, 1.165) is 18.5 Å². The van der Waals surface area contributed by atoms with Crippen molar-refractivity contribution in [1.82, 2.24) is 4.90 Å². The van der Waals surface area contributed by atoms with E-state index in [-0.39, 0.29) is 17.9 Å². The number of amides is 1. The van der Waals surface area contributed by atoms with Gasteiger partial charge in [0, 0.05) is 30.9 Å². The molecule has 0 spiro atoms. The Morgan fingerprint density at radius 3 is 2.78 bits per heavy atom. The highest BCUT2D eigenvalue weighted by atomic mass is 19.1. The Morgan fingerprint density at radius 2 is 2.13 bits per heavy atom. The third kappa shape index (κ3) is 5.01. The van der Waals surface area contributed by atoms with Gasteiger partial charge < -0.3 is 19.7 Å². The number of nitrogens with zero attached hydrogens (tertiary/aromatic N) is 1. The summed E-state index contributed by atoms with van der Waals surface area (Å²) in [6, 6.07) is 4.77. The number of anilines is 1. The molecule has 6 heteroatoms. The lowest BCUT2D eigenvalue weighted by Crippen LogP contribution is -2.46. The van der Waals surface area contributed by atoms with Gasteiger partial charge in [-0.1, -0.05) is 0 Å². The van der Waals surface area contributed by atoms with Gasteiger partial charge in [0.25, 0.3) is 0 Å². The van der Waals surface area contributed by atoms with Crippen LogP contribution < -0.4 is 10.1 Å². The summed E-state index contributed by atoms with van der Waals surface area (Å²) in [5.74, 6) is -0.188. The molecular formula is C17H25FN2O3. The predicted molar refractivity (Wildman–Crippen MR) is 87.4 cm³/mol. The van der Waals surface area contributed by atoms with Gasteiger partial charge in [-0.05, 0) is 45.7 Å². The number of hydrogen-bond donors (Lipinski definition) is 1. The number of carbonyl (C=O) groups is 1. The molecule has 1 atom stereocenters. The van der Waals surface area contributed by atoms with Crippen LogP contribution in [-0.4, -0.2) is 42.8 Å². The SMILES string of the molecule is COc1cc(NC2CCCN(C(=O)OC(C)(C)C)C2)ccc1F. The first kappa shape index (κ1) is 17.4. The van der Waals surface area contributed by atoms with Gasteiger partial charge >= 0.3 is 6.09 Å². The number of benzene rings is 1. The van der Waals surface area contributed by atoms with E-state index in [0.29, 0.717) is 13.1 Å². The third-order valence-electron chi connectivity index (χ3n) is 3.59. The van der Waals surface area contributed by atoms with Crippen molar-refractivity contribution < 1.29 is 18.7 Å². The number of nitrogens with one attached hydrogen (secondary N) is 1. The highest BCUT2D eigenvalue weighted by molar-refractivity contribution is 5.68. The first-order chi connectivity index (χ1) is 10.8. The number of rotatable bonds is 3. The van der Waals surface area contributed by atoms with E-state index in [1.165, 1.54) is 13.2 Å². The molecular weight excluding hydrogens is 299 g/mol. The van der Waals surface area contributed by atoms with Crippen molar-refractivity contribution in [3.05, 3.63) is 24.0 Å². The zero-order valence-corrected chi connectivity index (χ0v) is 14.2. The molecule has 1 amide bonds. The fourth-order valence-corrected chi connectivity index (χ4v) is 2.57. The lowest BCUT2D eigenvalue weighted by molar-refractivity contribution is 0.0206. The minimum atomic E-state index is -0.498. The molecule has 1 aliphatic heterocycles. The smallest absolute Gasteiger partial charge is 0.410 e. The number of likely N-dealkylation sites (tertiary alicyclic amines) is 1. The number of methoxy groups -OCH3 is 1. The van der Waals surface area contributed by atoms with Crippen LogP contribution in [-0.2, 0) is 4.74 Å². The minimum absolute atomic E-state index is 0.103. The van der Waals surface area contributed by atoms with Gasteiger partial charge in [0.1, 0.15) is 5.60 Å². The molecule has 5 nitrogen and oxygen atoms in total. The quantitative estimate of drug-likeness (QED) is 0.922. The van der Waals surface area contributed by atoms with Crippen LogP contribution in [0.2, 0.25) is 0 Å². The maximum absolute atomic E-state index is 13.5. The van der Waals surface area contributed by atoms with E-state index in [4.69, 9.17) is 9.47 Å². The Kier molecular flexibility index (Phi) is 5.34. The number of piperidine rings is 1. The van der Waals surface area contributed by atoms with Gasteiger partial charge in [-0.3, -0.25) is 0 Å². The Labute approximate surface area is 136 Å². The summed E-state index contributed by atoms with van der Waals surface area (Å²) >= 11 is 0. The second-order valence-electron chi connectivity index (χ2n) is 6.76. The molecule has 1 saturated heterocycles. The van der Waals surface area contributed by atoms with Crippen molar-refractivity contribution in [2.75, 3.05) is 25.5 Å². The first-order valence-corrected chi connectivity index (χ1v) is 7.86. The largest absolute Gasteiger partial charge is 0.494 e. The van der Waals surface area contributed by atoms with Crippen molar-refractivity contribution in [1.29, 1.82) is 0 Å². The average Bonchev–Trinajstić information content (AvgIpc) is 2.48. The molecule has 0 saturated carbocycles. The highest BCUT2D eigenvalue weighted by Gasteiger charge is 2.27. The Morgan fingerprint density at radius 1 is 1.39 bits per heavy atom. The van der Waals surface area contributed by atoms with Crippen molar-refractivity contribution in [2.45, 2.75) is 45.3 Å². The monoisotopic (exact) mass is 324 g/mol. The molecule has 1 fully saturated rings. The van der Waals surface area contributed by atoms with Crippen molar-refractivity contribution in [3.8, 4) is 5.75 Å².